The molecule has 0 aliphatic heterocycles. The van der Waals surface area contributed by atoms with E-state index in [4.69, 9.17) is 15.2 Å². The van der Waals surface area contributed by atoms with E-state index in [2.05, 4.69) is 154 Å². The Bertz CT molecular complexity index is 4680. The van der Waals surface area contributed by atoms with Gasteiger partial charge in [-0.3, -0.25) is 13.7 Å². The van der Waals surface area contributed by atoms with Gasteiger partial charge in [0.15, 0.2) is 0 Å². The van der Waals surface area contributed by atoms with Crippen LogP contribution in [-0.4, -0.2) is 18.7 Å². The topological polar surface area (TPSA) is 40.8 Å². The largest absolute Gasteiger partial charge is 0.458 e. The number of fused-ring (bicyclic) bond motifs is 7. The number of hydrogen-bond acceptors (Lipinski definition) is 2. The third kappa shape index (κ3) is 8.36. The summed E-state index contributed by atoms with van der Waals surface area (Å²) in [5.41, 5.74) is 13.2. The van der Waals surface area contributed by atoms with Gasteiger partial charge in [0.2, 0.25) is 0 Å². The second-order valence-corrected chi connectivity index (χ2v) is 22.3. The minimum absolute atomic E-state index is 0.104. The lowest BCUT2D eigenvalue weighted by Crippen LogP contribution is -2.31. The van der Waals surface area contributed by atoms with E-state index in [1.165, 1.54) is 10.8 Å². The van der Waals surface area contributed by atoms with Crippen molar-refractivity contribution in [1.82, 2.24) is 18.7 Å². The van der Waals surface area contributed by atoms with Crippen LogP contribution in [0.3, 0.4) is 0 Å². The minimum Gasteiger partial charge on any atom is -0.458 e. The van der Waals surface area contributed by atoms with E-state index >= 15 is 0 Å². The Morgan fingerprint density at radius 2 is 1.14 bits per heavy atom. The third-order valence-corrected chi connectivity index (χ3v) is 15.0. The van der Waals surface area contributed by atoms with Crippen LogP contribution < -0.4 is 9.30 Å². The van der Waals surface area contributed by atoms with Crippen molar-refractivity contribution in [3.63, 3.8) is 0 Å². The number of imidazole rings is 1. The number of pyridine rings is 1. The van der Waals surface area contributed by atoms with Crippen LogP contribution in [0.15, 0.2) is 218 Å². The zero-order chi connectivity index (χ0) is 58.0. The van der Waals surface area contributed by atoms with Gasteiger partial charge in [-0.15, -0.1) is 0 Å². The Morgan fingerprint density at radius 3 is 1.84 bits per heavy atom. The van der Waals surface area contributed by atoms with Crippen molar-refractivity contribution in [1.29, 1.82) is 0 Å². The monoisotopic (exact) mass is 1010 g/mol. The molecule has 0 aliphatic carbocycles. The molecular weight excluding hydrogens is 939 g/mol. The van der Waals surface area contributed by atoms with Crippen molar-refractivity contribution >= 4 is 54.6 Å². The average Bonchev–Trinajstić information content (AvgIpc) is 3.50. The van der Waals surface area contributed by atoms with Gasteiger partial charge in [0.1, 0.15) is 17.3 Å². The molecule has 13 rings (SSSR count). The average molecular weight is 1010 g/mol. The Hall–Kier alpha value is -9.00. The summed E-state index contributed by atoms with van der Waals surface area (Å²) in [5, 5.41) is 4.44. The Balaban J connectivity index is 0.967. The van der Waals surface area contributed by atoms with E-state index in [1.54, 1.807) is 6.20 Å². The van der Waals surface area contributed by atoms with Crippen molar-refractivity contribution in [2.24, 2.45) is 0 Å². The lowest BCUT2D eigenvalue weighted by atomic mass is 9.78. The fourth-order valence-electron chi connectivity index (χ4n) is 11.0. The standard InChI is InChI=1S/C71H61N5O/c1-46(2)48-36-37-72-68(40-48)76-64-35-32-53(75-62-28-14-12-24-58(62)59-25-13-15-29-63(59)75)43-61(64)60-34-33-55(44-67(60)76)77-54-23-18-22-52(42-54)73-45-74(66-31-17-16-30-65(66)73)69-56(47-20-10-9-11-21-47)26-19-27-57(69)49-38-50(70(3,4)5)41-51(39-49)71(6,7)8/h9-44,46H,1-8H3/i9D,10D,11D,20D,21D,46D. The maximum Gasteiger partial charge on any atom is 0.269 e. The highest BCUT2D eigenvalue weighted by Crippen LogP contribution is 2.41. The van der Waals surface area contributed by atoms with Gasteiger partial charge in [-0.1, -0.05) is 189 Å². The summed E-state index contributed by atoms with van der Waals surface area (Å²) in [5.74, 6) is 1.04. The summed E-state index contributed by atoms with van der Waals surface area (Å²) >= 11 is 0. The van der Waals surface area contributed by atoms with Gasteiger partial charge < -0.3 is 9.30 Å². The zero-order valence-corrected chi connectivity index (χ0v) is 44.5. The van der Waals surface area contributed by atoms with Crippen molar-refractivity contribution in [2.75, 3.05) is 0 Å². The van der Waals surface area contributed by atoms with Crippen LogP contribution in [0.25, 0.3) is 99.8 Å². The van der Waals surface area contributed by atoms with Gasteiger partial charge in [0.25, 0.3) is 6.33 Å². The number of nitrogens with zero attached hydrogens (tertiary/aromatic N) is 5. The molecule has 0 atom stereocenters. The van der Waals surface area contributed by atoms with Crippen LogP contribution in [0.1, 0.15) is 86.2 Å². The first-order valence-corrected chi connectivity index (χ1v) is 26.3. The predicted molar refractivity (Wildman–Crippen MR) is 319 cm³/mol. The maximum absolute atomic E-state index is 9.28. The fourth-order valence-corrected chi connectivity index (χ4v) is 11.0. The summed E-state index contributed by atoms with van der Waals surface area (Å²) in [4.78, 5) is 4.93. The molecule has 4 heterocycles. The zero-order valence-electron chi connectivity index (χ0n) is 50.5. The SMILES string of the molecule is [2H]c1c([2H])c([2H])c(-c2cccc(-c3cc(C(C)(C)C)cc(C(C)(C)C)c3)c2-[n+]2[c-]n(-c3cccc(Oc4ccc5c6cc(-n7c8ccccc8c8ccccc87)ccc6n(-c6cc(C([2H])(C)C)ccn6)c5c4)c3)c3ccccc32)c([2H])c1[2H]. The van der Waals surface area contributed by atoms with Crippen LogP contribution in [-0.2, 0) is 10.8 Å². The van der Waals surface area contributed by atoms with E-state index in [0.717, 1.165) is 83.1 Å². The second-order valence-electron chi connectivity index (χ2n) is 22.3. The summed E-state index contributed by atoms with van der Waals surface area (Å²) in [6.45, 7) is 17.0. The molecule has 6 heteroatoms. The molecule has 4 aromatic heterocycles. The highest BCUT2D eigenvalue weighted by atomic mass is 16.5. The van der Waals surface area contributed by atoms with Crippen molar-refractivity contribution in [3.8, 4) is 56.6 Å². The number of para-hydroxylation sites is 5. The van der Waals surface area contributed by atoms with E-state index in [-0.39, 0.29) is 28.5 Å². The van der Waals surface area contributed by atoms with Gasteiger partial charge in [-0.05, 0) is 128 Å². The summed E-state index contributed by atoms with van der Waals surface area (Å²) < 4.78 is 69.0. The smallest absolute Gasteiger partial charge is 0.269 e. The van der Waals surface area contributed by atoms with Gasteiger partial charge in [0, 0.05) is 40.9 Å². The lowest BCUT2D eigenvalue weighted by molar-refractivity contribution is -0.571. The Morgan fingerprint density at radius 1 is 0.519 bits per heavy atom. The molecule has 77 heavy (non-hydrogen) atoms. The molecule has 13 aromatic rings. The number of benzene rings is 9. The van der Waals surface area contributed by atoms with Crippen LogP contribution in [0.5, 0.6) is 11.5 Å². The normalized spacial score (nSPS) is 13.5. The van der Waals surface area contributed by atoms with Crippen LogP contribution in [0, 0.1) is 6.33 Å². The first-order valence-electron chi connectivity index (χ1n) is 29.3. The predicted octanol–water partition coefficient (Wildman–Crippen LogP) is 18.1. The van der Waals surface area contributed by atoms with Crippen molar-refractivity contribution < 1.29 is 17.5 Å². The van der Waals surface area contributed by atoms with Crippen LogP contribution in [0.2, 0.25) is 0 Å². The molecule has 0 unspecified atom stereocenters. The molecule has 0 N–H and O–H groups in total. The van der Waals surface area contributed by atoms with Gasteiger partial charge in [-0.25, -0.2) is 4.98 Å². The molecule has 0 amide bonds. The summed E-state index contributed by atoms with van der Waals surface area (Å²) in [6, 6.07) is 60.3. The quantitative estimate of drug-likeness (QED) is 0.107. The van der Waals surface area contributed by atoms with Gasteiger partial charge in [-0.2, -0.15) is 0 Å². The number of hydrogen-bond donors (Lipinski definition) is 0. The molecule has 0 aliphatic rings. The van der Waals surface area contributed by atoms with E-state index in [1.807, 2.05) is 108 Å². The molecule has 6 nitrogen and oxygen atoms in total. The third-order valence-electron chi connectivity index (χ3n) is 15.0. The summed E-state index contributed by atoms with van der Waals surface area (Å²) in [6.07, 6.45) is 5.50. The molecular formula is C71H61N5O. The number of ether oxygens (including phenoxy) is 1. The first-order chi connectivity index (χ1) is 39.6. The number of aromatic nitrogens is 5. The first kappa shape index (κ1) is 41.3. The highest BCUT2D eigenvalue weighted by molar-refractivity contribution is 6.12. The maximum atomic E-state index is 9.28. The van der Waals surface area contributed by atoms with Crippen LogP contribution >= 0.6 is 0 Å². The lowest BCUT2D eigenvalue weighted by Gasteiger charge is -2.27. The molecule has 0 saturated carbocycles. The Labute approximate surface area is 459 Å². The van der Waals surface area contributed by atoms with E-state index < -0.39 is 24.0 Å². The molecule has 0 spiro atoms. The summed E-state index contributed by atoms with van der Waals surface area (Å²) in [7, 11) is 0. The molecule has 0 radical (unpaired) electrons. The molecule has 9 aromatic carbocycles. The van der Waals surface area contributed by atoms with Crippen molar-refractivity contribution in [2.45, 2.75) is 72.1 Å². The second kappa shape index (κ2) is 18.4. The molecule has 0 bridgehead atoms. The van der Waals surface area contributed by atoms with E-state index in [0.29, 0.717) is 28.6 Å². The van der Waals surface area contributed by atoms with Gasteiger partial charge >= 0.3 is 0 Å². The molecule has 376 valence electrons. The van der Waals surface area contributed by atoms with Gasteiger partial charge in [0.05, 0.1) is 51.3 Å². The number of rotatable bonds is 9. The molecule has 0 fully saturated rings. The van der Waals surface area contributed by atoms with E-state index in [9.17, 15) is 2.74 Å². The fraction of sp³-hybridized carbons (Fsp3) is 0.155. The van der Waals surface area contributed by atoms with Crippen LogP contribution in [0.4, 0.5) is 0 Å². The molecule has 0 saturated heterocycles. The Kier molecular flexibility index (Phi) is 9.85. The van der Waals surface area contributed by atoms with Crippen molar-refractivity contribution in [3.05, 3.63) is 241 Å². The highest BCUT2D eigenvalue weighted by Gasteiger charge is 2.25. The minimum atomic E-state index is -0.856.